The SMILES string of the molecule is Cc1ccc(S(=O)(=O)NCCNC(=O)/C=C/c2ccccc2Br)cc1. The maximum Gasteiger partial charge on any atom is 0.244 e. The van der Waals surface area contributed by atoms with Gasteiger partial charge in [0.2, 0.25) is 15.9 Å². The molecule has 0 aliphatic carbocycles. The molecule has 0 fully saturated rings. The van der Waals surface area contributed by atoms with Crippen LogP contribution < -0.4 is 10.0 Å². The maximum absolute atomic E-state index is 12.1. The van der Waals surface area contributed by atoms with Crippen molar-refractivity contribution < 1.29 is 13.2 Å². The molecular formula is C18H19BrN2O3S. The van der Waals surface area contributed by atoms with Gasteiger partial charge in [-0.2, -0.15) is 0 Å². The highest BCUT2D eigenvalue weighted by Gasteiger charge is 2.12. The van der Waals surface area contributed by atoms with E-state index in [1.54, 1.807) is 30.3 Å². The van der Waals surface area contributed by atoms with E-state index in [0.717, 1.165) is 15.6 Å². The number of halogens is 1. The zero-order valence-electron chi connectivity index (χ0n) is 13.7. The first-order valence-electron chi connectivity index (χ1n) is 7.65. The van der Waals surface area contributed by atoms with E-state index < -0.39 is 10.0 Å². The molecule has 0 atom stereocenters. The standard InChI is InChI=1S/C18H19BrN2O3S/c1-14-6-9-16(10-7-14)25(23,24)21-13-12-20-18(22)11-8-15-4-2-3-5-17(15)19/h2-11,21H,12-13H2,1H3,(H,20,22)/b11-8+. The smallest absolute Gasteiger partial charge is 0.244 e. The third-order valence-corrected chi connectivity index (χ3v) is 5.57. The van der Waals surface area contributed by atoms with Gasteiger partial charge in [0.05, 0.1) is 4.90 Å². The Labute approximate surface area is 156 Å². The van der Waals surface area contributed by atoms with E-state index in [9.17, 15) is 13.2 Å². The Morgan fingerprint density at radius 1 is 1.08 bits per heavy atom. The zero-order valence-corrected chi connectivity index (χ0v) is 16.1. The summed E-state index contributed by atoms with van der Waals surface area (Å²) in [7, 11) is -3.56. The highest BCUT2D eigenvalue weighted by Crippen LogP contribution is 2.16. The van der Waals surface area contributed by atoms with E-state index >= 15 is 0 Å². The molecule has 5 nitrogen and oxygen atoms in total. The molecule has 0 aliphatic rings. The van der Waals surface area contributed by atoms with Crippen LogP contribution >= 0.6 is 15.9 Å². The highest BCUT2D eigenvalue weighted by atomic mass is 79.9. The molecule has 2 aromatic rings. The van der Waals surface area contributed by atoms with Gasteiger partial charge in [-0.3, -0.25) is 4.79 Å². The molecule has 7 heteroatoms. The van der Waals surface area contributed by atoms with Crippen LogP contribution in [0.3, 0.4) is 0 Å². The molecule has 132 valence electrons. The minimum atomic E-state index is -3.56. The van der Waals surface area contributed by atoms with Crippen LogP contribution in [0.5, 0.6) is 0 Å². The van der Waals surface area contributed by atoms with Gasteiger partial charge in [-0.05, 0) is 36.8 Å². The molecule has 0 aromatic heterocycles. The number of hydrogen-bond donors (Lipinski definition) is 2. The number of benzene rings is 2. The van der Waals surface area contributed by atoms with Crippen molar-refractivity contribution in [3.63, 3.8) is 0 Å². The zero-order chi connectivity index (χ0) is 18.3. The predicted octanol–water partition coefficient (Wildman–Crippen LogP) is 2.87. The average molecular weight is 423 g/mol. The quantitative estimate of drug-likeness (QED) is 0.531. The normalized spacial score (nSPS) is 11.6. The largest absolute Gasteiger partial charge is 0.351 e. The number of carbonyl (C=O) groups is 1. The summed E-state index contributed by atoms with van der Waals surface area (Å²) in [6.45, 7) is 2.20. The maximum atomic E-state index is 12.1. The summed E-state index contributed by atoms with van der Waals surface area (Å²) in [4.78, 5) is 12.0. The predicted molar refractivity (Wildman–Crippen MR) is 103 cm³/mol. The fourth-order valence-electron chi connectivity index (χ4n) is 2.01. The first-order chi connectivity index (χ1) is 11.9. The second-order valence-electron chi connectivity index (χ2n) is 5.36. The molecule has 0 aliphatic heterocycles. The van der Waals surface area contributed by atoms with Gasteiger partial charge in [0.25, 0.3) is 0 Å². The van der Waals surface area contributed by atoms with Crippen molar-refractivity contribution in [1.82, 2.24) is 10.0 Å². The van der Waals surface area contributed by atoms with E-state index in [1.807, 2.05) is 31.2 Å². The van der Waals surface area contributed by atoms with E-state index in [-0.39, 0.29) is 23.9 Å². The number of sulfonamides is 1. The first-order valence-corrected chi connectivity index (χ1v) is 9.93. The molecule has 25 heavy (non-hydrogen) atoms. The van der Waals surface area contributed by atoms with Crippen molar-refractivity contribution in [3.8, 4) is 0 Å². The van der Waals surface area contributed by atoms with Crippen LogP contribution in [0.1, 0.15) is 11.1 Å². The summed E-state index contributed by atoms with van der Waals surface area (Å²) in [5.74, 6) is -0.287. The summed E-state index contributed by atoms with van der Waals surface area (Å²) < 4.78 is 27.5. The van der Waals surface area contributed by atoms with Gasteiger partial charge < -0.3 is 5.32 Å². The topological polar surface area (TPSA) is 75.3 Å². The molecule has 2 rings (SSSR count). The van der Waals surface area contributed by atoms with E-state index in [1.165, 1.54) is 6.08 Å². The van der Waals surface area contributed by atoms with Crippen LogP contribution in [0.25, 0.3) is 6.08 Å². The lowest BCUT2D eigenvalue weighted by Gasteiger charge is -2.07. The van der Waals surface area contributed by atoms with Crippen molar-refractivity contribution in [2.24, 2.45) is 0 Å². The Kier molecular flexibility index (Phi) is 6.92. The van der Waals surface area contributed by atoms with Crippen molar-refractivity contribution >= 4 is 37.9 Å². The molecule has 0 spiro atoms. The van der Waals surface area contributed by atoms with Crippen molar-refractivity contribution in [3.05, 3.63) is 70.2 Å². The molecule has 0 saturated carbocycles. The fraction of sp³-hybridized carbons (Fsp3) is 0.167. The molecule has 2 aromatic carbocycles. The average Bonchev–Trinajstić information content (AvgIpc) is 2.58. The van der Waals surface area contributed by atoms with Crippen LogP contribution in [-0.4, -0.2) is 27.4 Å². The number of carbonyl (C=O) groups excluding carboxylic acids is 1. The van der Waals surface area contributed by atoms with Crippen LogP contribution in [-0.2, 0) is 14.8 Å². The minimum absolute atomic E-state index is 0.116. The molecule has 2 N–H and O–H groups in total. The van der Waals surface area contributed by atoms with Gasteiger partial charge in [-0.1, -0.05) is 51.8 Å². The van der Waals surface area contributed by atoms with Crippen molar-refractivity contribution in [2.75, 3.05) is 13.1 Å². The van der Waals surface area contributed by atoms with Gasteiger partial charge in [0.1, 0.15) is 0 Å². The number of amides is 1. The van der Waals surface area contributed by atoms with Crippen molar-refractivity contribution in [2.45, 2.75) is 11.8 Å². The third-order valence-electron chi connectivity index (χ3n) is 3.37. The summed E-state index contributed by atoms with van der Waals surface area (Å²) in [5.41, 5.74) is 1.88. The lowest BCUT2D eigenvalue weighted by molar-refractivity contribution is -0.116. The molecule has 1 amide bonds. The summed E-state index contributed by atoms with van der Waals surface area (Å²) >= 11 is 3.40. The Morgan fingerprint density at radius 2 is 1.76 bits per heavy atom. The van der Waals surface area contributed by atoms with Crippen LogP contribution in [0.15, 0.2) is 64.0 Å². The van der Waals surface area contributed by atoms with Gasteiger partial charge in [0, 0.05) is 23.6 Å². The Morgan fingerprint density at radius 3 is 2.44 bits per heavy atom. The van der Waals surface area contributed by atoms with Crippen LogP contribution in [0.2, 0.25) is 0 Å². The Bertz CT molecular complexity index is 862. The Hall–Kier alpha value is -1.96. The van der Waals surface area contributed by atoms with Gasteiger partial charge in [0.15, 0.2) is 0 Å². The number of nitrogens with one attached hydrogen (secondary N) is 2. The van der Waals surface area contributed by atoms with E-state index in [2.05, 4.69) is 26.0 Å². The summed E-state index contributed by atoms with van der Waals surface area (Å²) in [6.07, 6.45) is 3.10. The van der Waals surface area contributed by atoms with E-state index in [4.69, 9.17) is 0 Å². The molecule has 0 radical (unpaired) electrons. The number of aryl methyl sites for hydroxylation is 1. The van der Waals surface area contributed by atoms with E-state index in [0.29, 0.717) is 0 Å². The second kappa shape index (κ2) is 8.94. The third kappa shape index (κ3) is 6.12. The highest BCUT2D eigenvalue weighted by molar-refractivity contribution is 9.10. The molecule has 0 heterocycles. The summed E-state index contributed by atoms with van der Waals surface area (Å²) in [5, 5.41) is 2.64. The van der Waals surface area contributed by atoms with Gasteiger partial charge >= 0.3 is 0 Å². The first kappa shape index (κ1) is 19.4. The molecule has 0 bridgehead atoms. The Balaban J connectivity index is 1.79. The lowest BCUT2D eigenvalue weighted by atomic mass is 10.2. The van der Waals surface area contributed by atoms with Crippen LogP contribution in [0, 0.1) is 6.92 Å². The van der Waals surface area contributed by atoms with Crippen molar-refractivity contribution in [1.29, 1.82) is 0 Å². The van der Waals surface area contributed by atoms with Crippen LogP contribution in [0.4, 0.5) is 0 Å². The molecular weight excluding hydrogens is 404 g/mol. The molecule has 0 saturated heterocycles. The number of rotatable bonds is 7. The number of hydrogen-bond acceptors (Lipinski definition) is 3. The lowest BCUT2D eigenvalue weighted by Crippen LogP contribution is -2.34. The second-order valence-corrected chi connectivity index (χ2v) is 7.98. The van der Waals surface area contributed by atoms with Gasteiger partial charge in [-0.15, -0.1) is 0 Å². The van der Waals surface area contributed by atoms with Gasteiger partial charge in [-0.25, -0.2) is 13.1 Å². The minimum Gasteiger partial charge on any atom is -0.351 e. The monoisotopic (exact) mass is 422 g/mol. The fourth-order valence-corrected chi connectivity index (χ4v) is 3.46. The summed E-state index contributed by atoms with van der Waals surface area (Å²) in [6, 6.07) is 14.1. The molecule has 0 unspecified atom stereocenters.